The zero-order valence-corrected chi connectivity index (χ0v) is 19.8. The van der Waals surface area contributed by atoms with Crippen LogP contribution in [0.4, 0.5) is 5.69 Å². The molecule has 1 aromatic carbocycles. The number of nitrogens with zero attached hydrogens (tertiary/aromatic N) is 2. The first-order valence-electron chi connectivity index (χ1n) is 11.8. The lowest BCUT2D eigenvalue weighted by molar-refractivity contribution is -0.118. The molecular weight excluding hydrogens is 406 g/mol. The summed E-state index contributed by atoms with van der Waals surface area (Å²) in [5.74, 6) is 0.171. The Morgan fingerprint density at radius 1 is 1.03 bits per heavy atom. The molecule has 1 amide bonds. The number of halogens is 1. The van der Waals surface area contributed by atoms with E-state index < -0.39 is 0 Å². The van der Waals surface area contributed by atoms with Gasteiger partial charge in [0.2, 0.25) is 5.91 Å². The fourth-order valence-electron chi connectivity index (χ4n) is 4.24. The topological polar surface area (TPSA) is 45.2 Å². The van der Waals surface area contributed by atoms with Crippen molar-refractivity contribution < 1.29 is 4.79 Å². The number of pyridine rings is 1. The summed E-state index contributed by atoms with van der Waals surface area (Å²) in [6.07, 6.45) is 15.7. The van der Waals surface area contributed by atoms with Crippen molar-refractivity contribution in [1.82, 2.24) is 10.3 Å². The monoisotopic (exact) mass is 441 g/mol. The van der Waals surface area contributed by atoms with Crippen LogP contribution in [0.2, 0.25) is 5.02 Å². The van der Waals surface area contributed by atoms with Gasteiger partial charge in [-0.25, -0.2) is 0 Å². The maximum atomic E-state index is 11.9. The highest BCUT2D eigenvalue weighted by molar-refractivity contribution is 6.34. The van der Waals surface area contributed by atoms with Crippen LogP contribution < -0.4 is 10.2 Å². The number of hydrogen-bond donors (Lipinski definition) is 1. The molecule has 1 aliphatic heterocycles. The van der Waals surface area contributed by atoms with Gasteiger partial charge in [-0.15, -0.1) is 0 Å². The maximum absolute atomic E-state index is 11.9. The molecule has 0 fully saturated rings. The summed E-state index contributed by atoms with van der Waals surface area (Å²) < 4.78 is 0. The summed E-state index contributed by atoms with van der Waals surface area (Å²) in [7, 11) is 1.84. The van der Waals surface area contributed by atoms with Crippen LogP contribution in [0.25, 0.3) is 11.1 Å². The Morgan fingerprint density at radius 3 is 2.55 bits per heavy atom. The molecular formula is C26H36ClN3O. The Labute approximate surface area is 192 Å². The van der Waals surface area contributed by atoms with Crippen LogP contribution in [0.5, 0.6) is 0 Å². The fraction of sp³-hybridized carbons (Fsp3) is 0.538. The Balaban J connectivity index is 1.51. The predicted octanol–water partition coefficient (Wildman–Crippen LogP) is 6.54. The number of hydrogen-bond acceptors (Lipinski definition) is 3. The van der Waals surface area contributed by atoms with Crippen LogP contribution in [0.1, 0.15) is 75.8 Å². The molecule has 5 heteroatoms. The molecule has 0 spiro atoms. The molecule has 1 N–H and O–H groups in total. The number of aryl methyl sites for hydroxylation is 1. The van der Waals surface area contributed by atoms with E-state index in [0.717, 1.165) is 46.9 Å². The van der Waals surface area contributed by atoms with Crippen LogP contribution in [-0.4, -0.2) is 24.5 Å². The summed E-state index contributed by atoms with van der Waals surface area (Å²) >= 11 is 6.76. The van der Waals surface area contributed by atoms with Gasteiger partial charge >= 0.3 is 0 Å². The number of anilines is 1. The zero-order chi connectivity index (χ0) is 22.1. The van der Waals surface area contributed by atoms with E-state index in [4.69, 9.17) is 11.6 Å². The highest BCUT2D eigenvalue weighted by Crippen LogP contribution is 2.35. The van der Waals surface area contributed by atoms with Gasteiger partial charge in [-0.1, -0.05) is 69.5 Å². The number of nitrogens with one attached hydrogen (secondary N) is 1. The normalized spacial score (nSPS) is 13.5. The summed E-state index contributed by atoms with van der Waals surface area (Å²) in [5.41, 5.74) is 5.23. The minimum atomic E-state index is 0.171. The average Bonchev–Trinajstić information content (AvgIpc) is 2.78. The molecule has 1 aromatic heterocycles. The second-order valence-corrected chi connectivity index (χ2v) is 8.99. The first-order valence-corrected chi connectivity index (χ1v) is 12.2. The highest BCUT2D eigenvalue weighted by atomic mass is 35.5. The van der Waals surface area contributed by atoms with Gasteiger partial charge in [0.05, 0.1) is 5.02 Å². The van der Waals surface area contributed by atoms with Crippen molar-refractivity contribution in [1.29, 1.82) is 0 Å². The van der Waals surface area contributed by atoms with Gasteiger partial charge in [0.15, 0.2) is 0 Å². The first-order chi connectivity index (χ1) is 15.1. The first kappa shape index (κ1) is 23.7. The highest BCUT2D eigenvalue weighted by Gasteiger charge is 2.21. The van der Waals surface area contributed by atoms with Crippen molar-refractivity contribution in [2.45, 2.75) is 77.7 Å². The second-order valence-electron chi connectivity index (χ2n) is 8.61. The van der Waals surface area contributed by atoms with Crippen LogP contribution in [0, 0.1) is 0 Å². The van der Waals surface area contributed by atoms with Crippen LogP contribution in [-0.2, 0) is 17.8 Å². The molecule has 2 aromatic rings. The number of amides is 1. The lowest BCUT2D eigenvalue weighted by Gasteiger charge is -2.26. The molecule has 0 aliphatic carbocycles. The van der Waals surface area contributed by atoms with Crippen molar-refractivity contribution in [3.63, 3.8) is 0 Å². The van der Waals surface area contributed by atoms with Crippen molar-refractivity contribution in [3.05, 3.63) is 46.7 Å². The van der Waals surface area contributed by atoms with Crippen molar-refractivity contribution in [2.24, 2.45) is 0 Å². The van der Waals surface area contributed by atoms with E-state index in [-0.39, 0.29) is 5.91 Å². The number of carbonyl (C=O) groups is 1. The molecule has 4 nitrogen and oxygen atoms in total. The molecule has 2 heterocycles. The number of aromatic nitrogens is 1. The van der Waals surface area contributed by atoms with E-state index >= 15 is 0 Å². The van der Waals surface area contributed by atoms with E-state index in [1.165, 1.54) is 56.9 Å². The van der Waals surface area contributed by atoms with Gasteiger partial charge in [0, 0.05) is 49.2 Å². The molecule has 31 heavy (non-hydrogen) atoms. The lowest BCUT2D eigenvalue weighted by Crippen LogP contribution is -2.30. The maximum Gasteiger partial charge on any atom is 0.227 e. The molecule has 0 saturated heterocycles. The number of unbranched alkanes of at least 4 members (excludes halogenated alkanes) is 7. The lowest BCUT2D eigenvalue weighted by atomic mass is 9.96. The van der Waals surface area contributed by atoms with Crippen molar-refractivity contribution in [3.8, 4) is 11.1 Å². The van der Waals surface area contributed by atoms with E-state index in [2.05, 4.69) is 23.3 Å². The summed E-state index contributed by atoms with van der Waals surface area (Å²) in [6.45, 7) is 4.00. The van der Waals surface area contributed by atoms with E-state index in [0.29, 0.717) is 6.42 Å². The van der Waals surface area contributed by atoms with Crippen molar-refractivity contribution in [2.75, 3.05) is 18.5 Å². The molecule has 0 radical (unpaired) electrons. The fourth-order valence-corrected chi connectivity index (χ4v) is 4.52. The van der Waals surface area contributed by atoms with Gasteiger partial charge < -0.3 is 10.2 Å². The molecule has 168 valence electrons. The third kappa shape index (κ3) is 6.54. The van der Waals surface area contributed by atoms with E-state index in [1.807, 2.05) is 31.6 Å². The number of benzene rings is 1. The summed E-state index contributed by atoms with van der Waals surface area (Å²) in [5, 5.41) is 4.29. The van der Waals surface area contributed by atoms with Gasteiger partial charge in [-0.2, -0.15) is 0 Å². The molecule has 0 saturated carbocycles. The van der Waals surface area contributed by atoms with E-state index in [1.54, 1.807) is 4.90 Å². The SMILES string of the molecule is CCCCCCCCCCNCc1cncc(-c2ccc3c(c2)CCC(=O)N3C)c1Cl. The number of fused-ring (bicyclic) bond motifs is 1. The summed E-state index contributed by atoms with van der Waals surface area (Å²) in [4.78, 5) is 18.1. The average molecular weight is 442 g/mol. The number of carbonyl (C=O) groups excluding carboxylic acids is 1. The largest absolute Gasteiger partial charge is 0.315 e. The van der Waals surface area contributed by atoms with Crippen LogP contribution >= 0.6 is 11.6 Å². The van der Waals surface area contributed by atoms with Gasteiger partial charge in [0.25, 0.3) is 0 Å². The minimum absolute atomic E-state index is 0.171. The quantitative estimate of drug-likeness (QED) is 0.380. The third-order valence-corrected chi connectivity index (χ3v) is 6.66. The number of rotatable bonds is 12. The van der Waals surface area contributed by atoms with Crippen molar-refractivity contribution >= 4 is 23.2 Å². The molecule has 0 unspecified atom stereocenters. The zero-order valence-electron chi connectivity index (χ0n) is 19.1. The minimum Gasteiger partial charge on any atom is -0.315 e. The van der Waals surface area contributed by atoms with Gasteiger partial charge in [0.1, 0.15) is 0 Å². The molecule has 0 atom stereocenters. The molecule has 3 rings (SSSR count). The van der Waals surface area contributed by atoms with E-state index in [9.17, 15) is 4.79 Å². The molecule has 1 aliphatic rings. The Kier molecular flexibility index (Phi) is 9.35. The van der Waals surface area contributed by atoms with Crippen LogP contribution in [0.15, 0.2) is 30.6 Å². The Hall–Kier alpha value is -1.91. The molecule has 0 bridgehead atoms. The second kappa shape index (κ2) is 12.2. The standard InChI is InChI=1S/C26H36ClN3O/c1-3-4-5-6-7-8-9-10-15-28-17-22-18-29-19-23(26(22)27)20-11-13-24-21(16-20)12-14-25(31)30(24)2/h11,13,16,18-19,28H,3-10,12,14-15,17H2,1-2H3. The Morgan fingerprint density at radius 2 is 1.77 bits per heavy atom. The van der Waals surface area contributed by atoms with Crippen LogP contribution in [0.3, 0.4) is 0 Å². The summed E-state index contributed by atoms with van der Waals surface area (Å²) in [6, 6.07) is 6.21. The van der Waals surface area contributed by atoms with Gasteiger partial charge in [-0.05, 0) is 42.6 Å². The smallest absolute Gasteiger partial charge is 0.227 e. The van der Waals surface area contributed by atoms with Gasteiger partial charge in [-0.3, -0.25) is 9.78 Å². The third-order valence-electron chi connectivity index (χ3n) is 6.21. The Bertz CT molecular complexity index is 868. The predicted molar refractivity (Wildman–Crippen MR) is 131 cm³/mol.